The highest BCUT2D eigenvalue weighted by Crippen LogP contribution is 2.31. The normalized spacial score (nSPS) is 11.4. The van der Waals surface area contributed by atoms with Crippen LogP contribution in [0, 0.1) is 5.82 Å². The summed E-state index contributed by atoms with van der Waals surface area (Å²) in [5.41, 5.74) is 0.869. The molecule has 0 bridgehead atoms. The van der Waals surface area contributed by atoms with E-state index < -0.39 is 11.8 Å². The quantitative estimate of drug-likeness (QED) is 0.915. The van der Waals surface area contributed by atoms with Gasteiger partial charge in [-0.1, -0.05) is 44.7 Å². The Hall–Kier alpha value is -1.88. The van der Waals surface area contributed by atoms with Crippen LogP contribution in [0.5, 0.6) is 0 Å². The number of carbonyl (C=O) groups is 1. The average Bonchev–Trinajstić information content (AvgIpc) is 2.40. The number of hydrogen-bond donors (Lipinski definition) is 1. The lowest BCUT2D eigenvalue weighted by Crippen LogP contribution is -2.10. The van der Waals surface area contributed by atoms with Crippen LogP contribution in [0.4, 0.5) is 4.39 Å². The third-order valence-corrected chi connectivity index (χ3v) is 4.01. The molecule has 1 N–H and O–H groups in total. The first-order valence-electron chi connectivity index (χ1n) is 6.45. The van der Waals surface area contributed by atoms with E-state index in [0.717, 1.165) is 22.7 Å². The summed E-state index contributed by atoms with van der Waals surface area (Å²) >= 11 is 1.12. The number of nitrogens with zero attached hydrogens (tertiary/aromatic N) is 1. The van der Waals surface area contributed by atoms with Crippen molar-refractivity contribution < 1.29 is 14.3 Å². The topological polar surface area (TPSA) is 50.2 Å². The Morgan fingerprint density at radius 1 is 1.19 bits per heavy atom. The molecule has 0 atom stereocenters. The summed E-state index contributed by atoms with van der Waals surface area (Å²) in [5.74, 6) is -2.09. The van der Waals surface area contributed by atoms with Crippen LogP contribution in [0.1, 0.15) is 36.7 Å². The molecule has 0 aliphatic heterocycles. The highest BCUT2D eigenvalue weighted by atomic mass is 32.2. The van der Waals surface area contributed by atoms with E-state index in [-0.39, 0.29) is 16.0 Å². The number of benzene rings is 1. The molecule has 5 heteroatoms. The van der Waals surface area contributed by atoms with E-state index in [1.165, 1.54) is 11.8 Å². The van der Waals surface area contributed by atoms with Crippen molar-refractivity contribution in [3.63, 3.8) is 0 Å². The molecule has 0 saturated heterocycles. The molecule has 2 aromatic rings. The SMILES string of the molecule is CC(C)(C)c1ccc(Sc2nccc(C(=O)O)c2F)cc1. The first kappa shape index (κ1) is 15.5. The zero-order valence-corrected chi connectivity index (χ0v) is 12.9. The van der Waals surface area contributed by atoms with E-state index in [1.807, 2.05) is 24.3 Å². The fraction of sp³-hybridized carbons (Fsp3) is 0.250. The van der Waals surface area contributed by atoms with Crippen molar-refractivity contribution in [2.24, 2.45) is 0 Å². The van der Waals surface area contributed by atoms with Crippen molar-refractivity contribution >= 4 is 17.7 Å². The minimum atomic E-state index is -1.29. The van der Waals surface area contributed by atoms with Crippen LogP contribution < -0.4 is 0 Å². The van der Waals surface area contributed by atoms with Crippen molar-refractivity contribution in [2.75, 3.05) is 0 Å². The van der Waals surface area contributed by atoms with E-state index in [4.69, 9.17) is 5.11 Å². The second kappa shape index (κ2) is 5.85. The molecule has 3 nitrogen and oxygen atoms in total. The molecule has 0 saturated carbocycles. The first-order chi connectivity index (χ1) is 9.79. The Balaban J connectivity index is 2.27. The third kappa shape index (κ3) is 3.61. The number of aromatic carboxylic acids is 1. The number of pyridine rings is 1. The molecule has 0 spiro atoms. The van der Waals surface area contributed by atoms with Gasteiger partial charge in [-0.3, -0.25) is 0 Å². The Labute approximate surface area is 127 Å². The summed E-state index contributed by atoms with van der Waals surface area (Å²) in [5, 5.41) is 8.97. The van der Waals surface area contributed by atoms with Gasteiger partial charge in [-0.05, 0) is 29.2 Å². The van der Waals surface area contributed by atoms with Crippen LogP contribution in [-0.4, -0.2) is 16.1 Å². The predicted molar refractivity (Wildman–Crippen MR) is 80.4 cm³/mol. The molecule has 110 valence electrons. The van der Waals surface area contributed by atoms with Crippen LogP contribution in [0.2, 0.25) is 0 Å². The molecule has 1 heterocycles. The summed E-state index contributed by atoms with van der Waals surface area (Å²) in [6.45, 7) is 6.35. The first-order valence-corrected chi connectivity index (χ1v) is 7.27. The molecule has 0 aliphatic carbocycles. The number of halogens is 1. The molecule has 0 fully saturated rings. The van der Waals surface area contributed by atoms with Crippen molar-refractivity contribution in [3.05, 3.63) is 53.5 Å². The van der Waals surface area contributed by atoms with E-state index in [2.05, 4.69) is 25.8 Å². The smallest absolute Gasteiger partial charge is 0.338 e. The van der Waals surface area contributed by atoms with Crippen LogP contribution in [-0.2, 0) is 5.41 Å². The van der Waals surface area contributed by atoms with Crippen LogP contribution in [0.15, 0.2) is 46.5 Å². The van der Waals surface area contributed by atoms with E-state index in [1.54, 1.807) is 0 Å². The van der Waals surface area contributed by atoms with Gasteiger partial charge in [0.15, 0.2) is 5.82 Å². The minimum absolute atomic E-state index is 0.0515. The van der Waals surface area contributed by atoms with Gasteiger partial charge in [0.2, 0.25) is 0 Å². The number of hydrogen-bond acceptors (Lipinski definition) is 3. The molecular weight excluding hydrogens is 289 g/mol. The lowest BCUT2D eigenvalue weighted by Gasteiger charge is -2.19. The zero-order chi connectivity index (χ0) is 15.6. The monoisotopic (exact) mass is 305 g/mol. The molecule has 1 aromatic heterocycles. The number of aromatic nitrogens is 1. The van der Waals surface area contributed by atoms with E-state index in [9.17, 15) is 9.18 Å². The maximum absolute atomic E-state index is 14.0. The van der Waals surface area contributed by atoms with Crippen LogP contribution in [0.25, 0.3) is 0 Å². The van der Waals surface area contributed by atoms with Gasteiger partial charge in [0.25, 0.3) is 0 Å². The van der Waals surface area contributed by atoms with Crippen molar-refractivity contribution in [3.8, 4) is 0 Å². The van der Waals surface area contributed by atoms with E-state index in [0.29, 0.717) is 0 Å². The van der Waals surface area contributed by atoms with Gasteiger partial charge in [0.1, 0.15) is 5.03 Å². The Kier molecular flexibility index (Phi) is 4.32. The summed E-state index contributed by atoms with van der Waals surface area (Å²) in [7, 11) is 0. The lowest BCUT2D eigenvalue weighted by atomic mass is 9.87. The molecule has 21 heavy (non-hydrogen) atoms. The highest BCUT2D eigenvalue weighted by molar-refractivity contribution is 7.99. The van der Waals surface area contributed by atoms with Gasteiger partial charge >= 0.3 is 5.97 Å². The summed E-state index contributed by atoms with van der Waals surface area (Å²) < 4.78 is 14.0. The number of carboxylic acid groups (broad SMARTS) is 1. The van der Waals surface area contributed by atoms with Gasteiger partial charge < -0.3 is 5.11 Å². The number of rotatable bonds is 3. The summed E-state index contributed by atoms with van der Waals surface area (Å²) in [4.78, 5) is 15.6. The Bertz CT molecular complexity index is 663. The van der Waals surface area contributed by atoms with Crippen molar-refractivity contribution in [1.29, 1.82) is 0 Å². The fourth-order valence-electron chi connectivity index (χ4n) is 1.80. The van der Waals surface area contributed by atoms with Crippen LogP contribution >= 0.6 is 11.8 Å². The minimum Gasteiger partial charge on any atom is -0.478 e. The molecule has 0 aliphatic rings. The standard InChI is InChI=1S/C16H16FNO2S/c1-16(2,3)10-4-6-11(7-5-10)21-14-13(17)12(15(19)20)8-9-18-14/h4-9H,1-3H3,(H,19,20). The maximum Gasteiger partial charge on any atom is 0.338 e. The molecule has 2 rings (SSSR count). The van der Waals surface area contributed by atoms with Gasteiger partial charge in [-0.15, -0.1) is 0 Å². The number of carboxylic acids is 1. The van der Waals surface area contributed by atoms with Gasteiger partial charge in [0.05, 0.1) is 5.56 Å². The predicted octanol–water partition coefficient (Wildman–Crippen LogP) is 4.37. The van der Waals surface area contributed by atoms with Gasteiger partial charge in [-0.25, -0.2) is 14.2 Å². The average molecular weight is 305 g/mol. The molecular formula is C16H16FNO2S. The molecule has 0 unspecified atom stereocenters. The molecule has 0 amide bonds. The van der Waals surface area contributed by atoms with Gasteiger partial charge in [0, 0.05) is 11.1 Å². The highest BCUT2D eigenvalue weighted by Gasteiger charge is 2.17. The summed E-state index contributed by atoms with van der Waals surface area (Å²) in [6.07, 6.45) is 1.30. The Morgan fingerprint density at radius 3 is 2.33 bits per heavy atom. The Morgan fingerprint density at radius 2 is 1.81 bits per heavy atom. The zero-order valence-electron chi connectivity index (χ0n) is 12.1. The fourth-order valence-corrected chi connectivity index (χ4v) is 2.60. The second-order valence-corrected chi connectivity index (χ2v) is 6.72. The maximum atomic E-state index is 14.0. The van der Waals surface area contributed by atoms with Crippen LogP contribution in [0.3, 0.4) is 0 Å². The third-order valence-electron chi connectivity index (χ3n) is 3.02. The second-order valence-electron chi connectivity index (χ2n) is 5.66. The summed E-state index contributed by atoms with van der Waals surface area (Å²) in [6, 6.07) is 8.91. The van der Waals surface area contributed by atoms with E-state index >= 15 is 0 Å². The van der Waals surface area contributed by atoms with Gasteiger partial charge in [-0.2, -0.15) is 0 Å². The van der Waals surface area contributed by atoms with Crippen molar-refractivity contribution in [1.82, 2.24) is 4.98 Å². The lowest BCUT2D eigenvalue weighted by molar-refractivity contribution is 0.0691. The van der Waals surface area contributed by atoms with Crippen molar-refractivity contribution in [2.45, 2.75) is 36.1 Å². The largest absolute Gasteiger partial charge is 0.478 e. The molecule has 1 aromatic carbocycles. The molecule has 0 radical (unpaired) electrons.